The molecule has 2 aliphatic rings. The van der Waals surface area contributed by atoms with E-state index in [9.17, 15) is 14.0 Å². The number of rotatable bonds is 5. The van der Waals surface area contributed by atoms with Gasteiger partial charge in [-0.2, -0.15) is 0 Å². The summed E-state index contributed by atoms with van der Waals surface area (Å²) in [6, 6.07) is 13.7. The Morgan fingerprint density at radius 3 is 2.52 bits per heavy atom. The van der Waals surface area contributed by atoms with Crippen molar-refractivity contribution >= 4 is 11.8 Å². The fourth-order valence-electron chi connectivity index (χ4n) is 4.10. The number of halogens is 1. The summed E-state index contributed by atoms with van der Waals surface area (Å²) >= 11 is 0. The standard InChI is InChI=1S/C24H27FN2O2/c1-16-3-2-4-19(13-16)22-12-9-20(23(28)26-14-17-5-6-17)15-27(22)24(29)18-7-10-21(25)11-8-18/h2-4,7-8,10-11,13,17,20,22H,5-6,9,12,14-15H2,1H3,(H,26,28). The van der Waals surface area contributed by atoms with E-state index in [1.165, 1.54) is 37.1 Å². The molecule has 1 saturated heterocycles. The van der Waals surface area contributed by atoms with Crippen LogP contribution in [0.2, 0.25) is 0 Å². The van der Waals surface area contributed by atoms with Crippen molar-refractivity contribution in [1.29, 1.82) is 0 Å². The lowest BCUT2D eigenvalue weighted by atomic mass is 9.87. The maximum Gasteiger partial charge on any atom is 0.254 e. The summed E-state index contributed by atoms with van der Waals surface area (Å²) in [7, 11) is 0. The van der Waals surface area contributed by atoms with Crippen molar-refractivity contribution in [1.82, 2.24) is 10.2 Å². The van der Waals surface area contributed by atoms with Gasteiger partial charge in [0.2, 0.25) is 5.91 Å². The van der Waals surface area contributed by atoms with Crippen LogP contribution in [0.3, 0.4) is 0 Å². The van der Waals surface area contributed by atoms with Crippen molar-refractivity contribution in [3.05, 3.63) is 71.0 Å². The Bertz CT molecular complexity index is 892. The van der Waals surface area contributed by atoms with Crippen molar-refractivity contribution in [2.24, 2.45) is 11.8 Å². The molecule has 2 fully saturated rings. The van der Waals surface area contributed by atoms with Crippen LogP contribution >= 0.6 is 0 Å². The molecule has 0 spiro atoms. The largest absolute Gasteiger partial charge is 0.356 e. The maximum atomic E-state index is 13.3. The molecule has 152 valence electrons. The SMILES string of the molecule is Cc1cccc(C2CCC(C(=O)NCC3CC3)CN2C(=O)c2ccc(F)cc2)c1. The lowest BCUT2D eigenvalue weighted by molar-refractivity contribution is -0.126. The van der Waals surface area contributed by atoms with Crippen LogP contribution in [-0.2, 0) is 4.79 Å². The zero-order valence-electron chi connectivity index (χ0n) is 16.7. The van der Waals surface area contributed by atoms with Crippen molar-refractivity contribution in [3.63, 3.8) is 0 Å². The molecule has 4 rings (SSSR count). The summed E-state index contributed by atoms with van der Waals surface area (Å²) in [4.78, 5) is 27.8. The molecule has 1 aliphatic heterocycles. The van der Waals surface area contributed by atoms with Crippen LogP contribution in [0.25, 0.3) is 0 Å². The first-order valence-electron chi connectivity index (χ1n) is 10.4. The topological polar surface area (TPSA) is 49.4 Å². The highest BCUT2D eigenvalue weighted by Gasteiger charge is 2.36. The molecule has 0 bridgehead atoms. The molecule has 1 saturated carbocycles. The molecule has 2 amide bonds. The Morgan fingerprint density at radius 1 is 1.07 bits per heavy atom. The van der Waals surface area contributed by atoms with E-state index >= 15 is 0 Å². The van der Waals surface area contributed by atoms with Crippen LogP contribution in [0.1, 0.15) is 53.2 Å². The summed E-state index contributed by atoms with van der Waals surface area (Å²) in [5.74, 6) is -0.0702. The molecular weight excluding hydrogens is 367 g/mol. The summed E-state index contributed by atoms with van der Waals surface area (Å²) in [5.41, 5.74) is 2.67. The first-order valence-corrected chi connectivity index (χ1v) is 10.4. The number of aryl methyl sites for hydroxylation is 1. The zero-order chi connectivity index (χ0) is 20.4. The molecule has 0 aromatic heterocycles. The Kier molecular flexibility index (Phi) is 5.65. The zero-order valence-corrected chi connectivity index (χ0v) is 16.7. The average molecular weight is 394 g/mol. The van der Waals surface area contributed by atoms with Gasteiger partial charge in [-0.1, -0.05) is 29.8 Å². The monoisotopic (exact) mass is 394 g/mol. The van der Waals surface area contributed by atoms with E-state index in [0.717, 1.165) is 30.5 Å². The van der Waals surface area contributed by atoms with Crippen molar-refractivity contribution in [3.8, 4) is 0 Å². The van der Waals surface area contributed by atoms with Crippen molar-refractivity contribution < 1.29 is 14.0 Å². The number of piperidine rings is 1. The van der Waals surface area contributed by atoms with Crippen LogP contribution in [0.4, 0.5) is 4.39 Å². The van der Waals surface area contributed by atoms with E-state index in [2.05, 4.69) is 11.4 Å². The van der Waals surface area contributed by atoms with Crippen molar-refractivity contribution in [2.75, 3.05) is 13.1 Å². The Labute approximate surface area is 171 Å². The molecule has 4 nitrogen and oxygen atoms in total. The molecule has 1 heterocycles. The molecule has 1 aliphatic carbocycles. The van der Waals surface area contributed by atoms with Crippen LogP contribution in [0, 0.1) is 24.6 Å². The molecule has 29 heavy (non-hydrogen) atoms. The minimum Gasteiger partial charge on any atom is -0.356 e. The van der Waals surface area contributed by atoms with Gasteiger partial charge >= 0.3 is 0 Å². The van der Waals surface area contributed by atoms with E-state index < -0.39 is 0 Å². The molecule has 1 N–H and O–H groups in total. The molecular formula is C24H27FN2O2. The lowest BCUT2D eigenvalue weighted by Crippen LogP contribution is -2.47. The highest BCUT2D eigenvalue weighted by Crippen LogP contribution is 2.35. The predicted molar refractivity (Wildman–Crippen MR) is 110 cm³/mol. The number of hydrogen-bond donors (Lipinski definition) is 1. The number of carbonyl (C=O) groups is 2. The third-order valence-electron chi connectivity index (χ3n) is 5.99. The van der Waals surface area contributed by atoms with E-state index in [1.807, 2.05) is 25.1 Å². The van der Waals surface area contributed by atoms with E-state index in [-0.39, 0.29) is 29.6 Å². The normalized spacial score (nSPS) is 21.7. The van der Waals surface area contributed by atoms with Crippen molar-refractivity contribution in [2.45, 2.75) is 38.6 Å². The van der Waals surface area contributed by atoms with Gasteiger partial charge in [-0.15, -0.1) is 0 Å². The summed E-state index contributed by atoms with van der Waals surface area (Å²) in [6.45, 7) is 3.15. The lowest BCUT2D eigenvalue weighted by Gasteiger charge is -2.39. The Balaban J connectivity index is 1.56. The second kappa shape index (κ2) is 8.36. The highest BCUT2D eigenvalue weighted by molar-refractivity contribution is 5.95. The minimum absolute atomic E-state index is 0.0384. The van der Waals surface area contributed by atoms with Gasteiger partial charge in [0.1, 0.15) is 5.82 Å². The second-order valence-corrected chi connectivity index (χ2v) is 8.36. The average Bonchev–Trinajstić information content (AvgIpc) is 3.56. The molecule has 5 heteroatoms. The number of likely N-dealkylation sites (tertiary alicyclic amines) is 1. The molecule has 2 unspecified atom stereocenters. The number of amides is 2. The van der Waals surface area contributed by atoms with Gasteiger partial charge in [-0.25, -0.2) is 4.39 Å². The van der Waals surface area contributed by atoms with E-state index in [1.54, 1.807) is 4.90 Å². The summed E-state index contributed by atoms with van der Waals surface area (Å²) < 4.78 is 13.3. The van der Waals surface area contributed by atoms with Gasteiger partial charge in [0, 0.05) is 18.7 Å². The summed E-state index contributed by atoms with van der Waals surface area (Å²) in [6.07, 6.45) is 3.87. The van der Waals surface area contributed by atoms with Gasteiger partial charge in [-0.3, -0.25) is 9.59 Å². The number of nitrogens with zero attached hydrogens (tertiary/aromatic N) is 1. The predicted octanol–water partition coefficient (Wildman–Crippen LogP) is 4.25. The fourth-order valence-corrected chi connectivity index (χ4v) is 4.10. The number of hydrogen-bond acceptors (Lipinski definition) is 2. The smallest absolute Gasteiger partial charge is 0.254 e. The molecule has 0 radical (unpaired) electrons. The van der Waals surface area contributed by atoms with Crippen LogP contribution in [0.15, 0.2) is 48.5 Å². The third-order valence-corrected chi connectivity index (χ3v) is 5.99. The highest BCUT2D eigenvalue weighted by atomic mass is 19.1. The first-order chi connectivity index (χ1) is 14.0. The van der Waals surface area contributed by atoms with Crippen LogP contribution in [0.5, 0.6) is 0 Å². The van der Waals surface area contributed by atoms with E-state index in [0.29, 0.717) is 18.0 Å². The van der Waals surface area contributed by atoms with Crippen LogP contribution in [-0.4, -0.2) is 29.8 Å². The maximum absolute atomic E-state index is 13.3. The second-order valence-electron chi connectivity index (χ2n) is 8.36. The van der Waals surface area contributed by atoms with Gasteiger partial charge < -0.3 is 10.2 Å². The minimum atomic E-state index is -0.368. The molecule has 2 aromatic carbocycles. The molecule has 2 aromatic rings. The third kappa shape index (κ3) is 4.66. The first kappa shape index (κ1) is 19.6. The fraction of sp³-hybridized carbons (Fsp3) is 0.417. The Hall–Kier alpha value is -2.69. The van der Waals surface area contributed by atoms with Gasteiger partial charge in [0.25, 0.3) is 5.91 Å². The number of nitrogens with one attached hydrogen (secondary N) is 1. The number of benzene rings is 2. The van der Waals surface area contributed by atoms with Crippen LogP contribution < -0.4 is 5.32 Å². The summed E-state index contributed by atoms with van der Waals surface area (Å²) in [5, 5.41) is 3.06. The number of carbonyl (C=O) groups excluding carboxylic acids is 2. The quantitative estimate of drug-likeness (QED) is 0.824. The van der Waals surface area contributed by atoms with Gasteiger partial charge in [0.05, 0.1) is 12.0 Å². The molecule has 2 atom stereocenters. The van der Waals surface area contributed by atoms with Gasteiger partial charge in [-0.05, 0) is 68.4 Å². The Morgan fingerprint density at radius 2 is 1.83 bits per heavy atom. The van der Waals surface area contributed by atoms with E-state index in [4.69, 9.17) is 0 Å². The van der Waals surface area contributed by atoms with Gasteiger partial charge in [0.15, 0.2) is 0 Å².